The number of anilines is 1. The summed E-state index contributed by atoms with van der Waals surface area (Å²) in [6.07, 6.45) is -1.41. The van der Waals surface area contributed by atoms with Crippen molar-refractivity contribution in [2.24, 2.45) is 0 Å². The summed E-state index contributed by atoms with van der Waals surface area (Å²) in [5.74, 6) is 0.0615. The highest BCUT2D eigenvalue weighted by Crippen LogP contribution is 2.35. The highest BCUT2D eigenvalue weighted by molar-refractivity contribution is 6.04. The van der Waals surface area contributed by atoms with Crippen LogP contribution >= 0.6 is 0 Å². The van der Waals surface area contributed by atoms with Crippen LogP contribution in [0.4, 0.5) is 10.5 Å². The Bertz CT molecular complexity index is 1270. The number of hydrogen-bond donors (Lipinski definition) is 2. The second-order valence-electron chi connectivity index (χ2n) is 9.33. The number of amides is 3. The number of methoxy groups -OCH3 is 1. The van der Waals surface area contributed by atoms with Crippen molar-refractivity contribution in [2.75, 3.05) is 12.4 Å². The number of nitrogens with one attached hydrogen (secondary N) is 2. The van der Waals surface area contributed by atoms with Gasteiger partial charge in [0.2, 0.25) is 5.91 Å². The fourth-order valence-electron chi connectivity index (χ4n) is 4.21. The maximum absolute atomic E-state index is 13.3. The van der Waals surface area contributed by atoms with E-state index in [1.165, 1.54) is 4.90 Å². The molecule has 3 aromatic rings. The first-order valence-corrected chi connectivity index (χ1v) is 12.1. The standard InChI is InChI=1S/C29H31N3O5/c1-18(2)30-28(34)25-26(37-29(35)32(25)17-20-10-8-19(3)9-11-20)22-6-5-7-23(16-22)31-27(33)21-12-14-24(36-4)15-13-21/h5-16,18,25-26H,17H2,1-4H3,(H,30,34)(H,31,33)/t25-,26+/m1/s1. The maximum atomic E-state index is 13.3. The van der Waals surface area contributed by atoms with Crippen LogP contribution in [0, 0.1) is 6.92 Å². The molecule has 1 fully saturated rings. The largest absolute Gasteiger partial charge is 0.497 e. The van der Waals surface area contributed by atoms with Crippen molar-refractivity contribution >= 4 is 23.6 Å². The molecule has 0 aromatic heterocycles. The van der Waals surface area contributed by atoms with Crippen LogP contribution in [-0.4, -0.2) is 42.0 Å². The summed E-state index contributed by atoms with van der Waals surface area (Å²) in [7, 11) is 1.56. The van der Waals surface area contributed by atoms with Crippen LogP contribution in [0.1, 0.15) is 47.0 Å². The van der Waals surface area contributed by atoms with E-state index in [4.69, 9.17) is 9.47 Å². The molecular weight excluding hydrogens is 470 g/mol. The lowest BCUT2D eigenvalue weighted by atomic mass is 9.99. The number of rotatable bonds is 8. The molecule has 1 aliphatic heterocycles. The van der Waals surface area contributed by atoms with Crippen LogP contribution in [0.5, 0.6) is 5.75 Å². The Balaban J connectivity index is 1.58. The van der Waals surface area contributed by atoms with E-state index in [1.54, 1.807) is 55.6 Å². The Hall–Kier alpha value is -4.33. The molecule has 2 N–H and O–H groups in total. The van der Waals surface area contributed by atoms with Crippen molar-refractivity contribution in [3.8, 4) is 5.75 Å². The number of nitrogens with zero attached hydrogens (tertiary/aromatic N) is 1. The molecule has 3 amide bonds. The van der Waals surface area contributed by atoms with E-state index in [-0.39, 0.29) is 24.4 Å². The number of hydrogen-bond acceptors (Lipinski definition) is 5. The molecule has 0 bridgehead atoms. The summed E-state index contributed by atoms with van der Waals surface area (Å²) in [5.41, 5.74) is 3.60. The van der Waals surface area contributed by atoms with Gasteiger partial charge in [0, 0.05) is 17.3 Å². The molecule has 0 spiro atoms. The van der Waals surface area contributed by atoms with E-state index in [1.807, 2.05) is 45.0 Å². The Morgan fingerprint density at radius 1 is 1.03 bits per heavy atom. The van der Waals surface area contributed by atoms with Gasteiger partial charge in [-0.05, 0) is 68.3 Å². The van der Waals surface area contributed by atoms with Gasteiger partial charge < -0.3 is 20.1 Å². The molecule has 4 rings (SSSR count). The van der Waals surface area contributed by atoms with Crippen molar-refractivity contribution in [1.29, 1.82) is 0 Å². The summed E-state index contributed by atoms with van der Waals surface area (Å²) in [5, 5.41) is 5.78. The third kappa shape index (κ3) is 6.09. The van der Waals surface area contributed by atoms with Crippen molar-refractivity contribution < 1.29 is 23.9 Å². The summed E-state index contributed by atoms with van der Waals surface area (Å²) in [4.78, 5) is 40.5. The molecule has 0 aliphatic carbocycles. The summed E-state index contributed by atoms with van der Waals surface area (Å²) in [6.45, 7) is 5.96. The number of aryl methyl sites for hydroxylation is 1. The van der Waals surface area contributed by atoms with Gasteiger partial charge in [-0.2, -0.15) is 0 Å². The average molecular weight is 502 g/mol. The summed E-state index contributed by atoms with van der Waals surface area (Å²) < 4.78 is 10.9. The molecule has 0 radical (unpaired) electrons. The topological polar surface area (TPSA) is 97.0 Å². The predicted molar refractivity (Wildman–Crippen MR) is 140 cm³/mol. The third-order valence-electron chi connectivity index (χ3n) is 6.08. The number of benzene rings is 3. The second kappa shape index (κ2) is 11.2. The number of carbonyl (C=O) groups is 3. The lowest BCUT2D eigenvalue weighted by Crippen LogP contribution is -2.48. The molecule has 3 aromatic carbocycles. The number of ether oxygens (including phenoxy) is 2. The highest BCUT2D eigenvalue weighted by atomic mass is 16.6. The van der Waals surface area contributed by atoms with Crippen LogP contribution in [0.25, 0.3) is 0 Å². The first-order valence-electron chi connectivity index (χ1n) is 12.1. The molecule has 1 heterocycles. The molecule has 0 saturated carbocycles. The Morgan fingerprint density at radius 3 is 2.38 bits per heavy atom. The molecule has 2 atom stereocenters. The van der Waals surface area contributed by atoms with Gasteiger partial charge in [0.25, 0.3) is 5.91 Å². The van der Waals surface area contributed by atoms with Crippen molar-refractivity contribution in [3.63, 3.8) is 0 Å². The van der Waals surface area contributed by atoms with Crippen LogP contribution in [-0.2, 0) is 16.1 Å². The molecule has 1 saturated heterocycles. The van der Waals surface area contributed by atoms with Gasteiger partial charge in [-0.1, -0.05) is 42.0 Å². The minimum Gasteiger partial charge on any atom is -0.497 e. The summed E-state index contributed by atoms with van der Waals surface area (Å²) in [6, 6.07) is 20.6. The van der Waals surface area contributed by atoms with Crippen molar-refractivity contribution in [1.82, 2.24) is 10.2 Å². The van der Waals surface area contributed by atoms with Gasteiger partial charge in [0.1, 0.15) is 5.75 Å². The van der Waals surface area contributed by atoms with E-state index < -0.39 is 18.2 Å². The first-order chi connectivity index (χ1) is 17.7. The Morgan fingerprint density at radius 2 is 1.73 bits per heavy atom. The van der Waals surface area contributed by atoms with Crippen molar-refractivity contribution in [3.05, 3.63) is 95.1 Å². The maximum Gasteiger partial charge on any atom is 0.411 e. The van der Waals surface area contributed by atoms with Crippen molar-refractivity contribution in [2.45, 2.75) is 45.5 Å². The summed E-state index contributed by atoms with van der Waals surface area (Å²) >= 11 is 0. The van der Waals surface area contributed by atoms with E-state index in [0.29, 0.717) is 22.6 Å². The third-order valence-corrected chi connectivity index (χ3v) is 6.08. The lowest BCUT2D eigenvalue weighted by molar-refractivity contribution is -0.126. The number of cyclic esters (lactones) is 1. The van der Waals surface area contributed by atoms with E-state index >= 15 is 0 Å². The minimum atomic E-state index is -0.872. The average Bonchev–Trinajstić information content (AvgIpc) is 3.21. The van der Waals surface area contributed by atoms with Crippen LogP contribution < -0.4 is 15.4 Å². The van der Waals surface area contributed by atoms with E-state index in [2.05, 4.69) is 10.6 Å². The monoisotopic (exact) mass is 501 g/mol. The van der Waals surface area contributed by atoms with Gasteiger partial charge in [-0.15, -0.1) is 0 Å². The zero-order chi connectivity index (χ0) is 26.5. The zero-order valence-electron chi connectivity index (χ0n) is 21.4. The van der Waals surface area contributed by atoms with Gasteiger partial charge in [-0.3, -0.25) is 14.5 Å². The van der Waals surface area contributed by atoms with Crippen LogP contribution in [0.2, 0.25) is 0 Å². The van der Waals surface area contributed by atoms with Gasteiger partial charge in [-0.25, -0.2) is 4.79 Å². The zero-order valence-corrected chi connectivity index (χ0v) is 21.4. The molecule has 0 unspecified atom stereocenters. The second-order valence-corrected chi connectivity index (χ2v) is 9.33. The SMILES string of the molecule is COc1ccc(C(=O)Nc2cccc([C@@H]3OC(=O)N(Cc4ccc(C)cc4)[C@H]3C(=O)NC(C)C)c2)cc1. The fraction of sp³-hybridized carbons (Fsp3) is 0.276. The molecule has 8 heteroatoms. The number of carbonyl (C=O) groups excluding carboxylic acids is 3. The van der Waals surface area contributed by atoms with Crippen LogP contribution in [0.3, 0.4) is 0 Å². The fourth-order valence-corrected chi connectivity index (χ4v) is 4.21. The predicted octanol–water partition coefficient (Wildman–Crippen LogP) is 4.84. The lowest BCUT2D eigenvalue weighted by Gasteiger charge is -2.25. The van der Waals surface area contributed by atoms with Gasteiger partial charge >= 0.3 is 6.09 Å². The smallest absolute Gasteiger partial charge is 0.411 e. The molecule has 192 valence electrons. The van der Waals surface area contributed by atoms with Gasteiger partial charge in [0.15, 0.2) is 12.1 Å². The highest BCUT2D eigenvalue weighted by Gasteiger charge is 2.47. The van der Waals surface area contributed by atoms with Crippen LogP contribution in [0.15, 0.2) is 72.8 Å². The minimum absolute atomic E-state index is 0.111. The van der Waals surface area contributed by atoms with E-state index in [9.17, 15) is 14.4 Å². The van der Waals surface area contributed by atoms with E-state index in [0.717, 1.165) is 11.1 Å². The Labute approximate surface area is 216 Å². The van der Waals surface area contributed by atoms with Gasteiger partial charge in [0.05, 0.1) is 13.7 Å². The normalized spacial score (nSPS) is 16.9. The Kier molecular flexibility index (Phi) is 7.77. The quantitative estimate of drug-likeness (QED) is 0.460. The molecular formula is C29H31N3O5. The molecule has 1 aliphatic rings. The molecule has 37 heavy (non-hydrogen) atoms. The first kappa shape index (κ1) is 25.8. The molecule has 8 nitrogen and oxygen atoms in total.